The van der Waals surface area contributed by atoms with Crippen LogP contribution in [0.15, 0.2) is 51.6 Å². The molecule has 0 radical (unpaired) electrons. The number of benzene rings is 1. The fraction of sp³-hybridized carbons (Fsp3) is 0.375. The minimum Gasteiger partial charge on any atom is -0.258 e. The van der Waals surface area contributed by atoms with E-state index in [0.717, 1.165) is 30.7 Å². The smallest absolute Gasteiger partial charge is 0.258 e. The molecule has 2 aromatic rings. The lowest BCUT2D eigenvalue weighted by molar-refractivity contribution is -0.388. The number of hydrogen-bond donors (Lipinski definition) is 0. The van der Waals surface area contributed by atoms with Crippen LogP contribution >= 0.6 is 11.8 Å². The minimum absolute atomic E-state index is 0.0587. The maximum atomic E-state index is 12.8. The number of rotatable bonds is 5. The second kappa shape index (κ2) is 7.68. The minimum atomic E-state index is -3.75. The molecule has 0 bridgehead atoms. The van der Waals surface area contributed by atoms with E-state index in [9.17, 15) is 18.5 Å². The molecule has 1 aliphatic rings. The molecule has 138 valence electrons. The van der Waals surface area contributed by atoms with E-state index in [-0.39, 0.29) is 16.5 Å². The van der Waals surface area contributed by atoms with E-state index in [2.05, 4.69) is 9.97 Å². The van der Waals surface area contributed by atoms with E-state index < -0.39 is 14.9 Å². The topological polar surface area (TPSA) is 106 Å². The van der Waals surface area contributed by atoms with Gasteiger partial charge >= 0.3 is 0 Å². The summed E-state index contributed by atoms with van der Waals surface area (Å²) in [5.74, 6) is 0.276. The molecule has 3 rings (SSSR count). The van der Waals surface area contributed by atoms with E-state index in [1.807, 2.05) is 6.92 Å². The van der Waals surface area contributed by atoms with Crippen molar-refractivity contribution in [2.24, 2.45) is 5.92 Å². The number of nitro benzene ring substituents is 1. The number of nitrogens with zero attached hydrogens (tertiary/aromatic N) is 4. The Bertz CT molecular complexity index is 906. The fourth-order valence-corrected chi connectivity index (χ4v) is 5.25. The van der Waals surface area contributed by atoms with Crippen LogP contribution in [0.1, 0.15) is 19.8 Å². The number of nitro groups is 1. The molecule has 0 aliphatic carbocycles. The quantitative estimate of drug-likeness (QED) is 0.436. The number of sulfonamides is 1. The molecular formula is C16H18N4O4S2. The van der Waals surface area contributed by atoms with Gasteiger partial charge in [-0.3, -0.25) is 10.1 Å². The van der Waals surface area contributed by atoms with Gasteiger partial charge in [0.2, 0.25) is 10.0 Å². The third-order valence-electron chi connectivity index (χ3n) is 4.13. The largest absolute Gasteiger partial charge is 0.284 e. The highest BCUT2D eigenvalue weighted by Gasteiger charge is 2.30. The number of aromatic nitrogens is 2. The Morgan fingerprint density at radius 2 is 2.04 bits per heavy atom. The summed E-state index contributed by atoms with van der Waals surface area (Å²) in [5.41, 5.74) is -0.270. The molecule has 0 N–H and O–H groups in total. The van der Waals surface area contributed by atoms with E-state index in [4.69, 9.17) is 0 Å². The Morgan fingerprint density at radius 3 is 2.69 bits per heavy atom. The van der Waals surface area contributed by atoms with Crippen molar-refractivity contribution in [2.45, 2.75) is 34.7 Å². The summed E-state index contributed by atoms with van der Waals surface area (Å²) in [5, 5.41) is 11.8. The van der Waals surface area contributed by atoms with Crippen molar-refractivity contribution < 1.29 is 13.3 Å². The standard InChI is InChI=1S/C16H18N4O4S2/c1-12-4-2-9-19(11-12)26(23,24)13-5-6-15(14(10-13)20(21)22)25-16-17-7-3-8-18-16/h3,5-8,10,12H,2,4,9,11H2,1H3/t12-/m1/s1. The summed E-state index contributed by atoms with van der Waals surface area (Å²) in [7, 11) is -3.75. The van der Waals surface area contributed by atoms with Gasteiger partial charge in [0.15, 0.2) is 5.16 Å². The molecule has 0 amide bonds. The average Bonchev–Trinajstić information content (AvgIpc) is 2.62. The highest BCUT2D eigenvalue weighted by molar-refractivity contribution is 7.99. The van der Waals surface area contributed by atoms with Gasteiger partial charge in [0.25, 0.3) is 5.69 Å². The van der Waals surface area contributed by atoms with Gasteiger partial charge in [-0.05, 0) is 48.7 Å². The highest BCUT2D eigenvalue weighted by Crippen LogP contribution is 2.35. The van der Waals surface area contributed by atoms with E-state index in [1.54, 1.807) is 6.07 Å². The van der Waals surface area contributed by atoms with Crippen LogP contribution in [0.5, 0.6) is 0 Å². The van der Waals surface area contributed by atoms with E-state index in [1.165, 1.54) is 28.8 Å². The zero-order chi connectivity index (χ0) is 18.7. The molecule has 2 heterocycles. The maximum Gasteiger partial charge on any atom is 0.284 e. The van der Waals surface area contributed by atoms with Crippen LogP contribution in [0.25, 0.3) is 0 Å². The van der Waals surface area contributed by atoms with Gasteiger partial charge in [0, 0.05) is 31.5 Å². The summed E-state index contributed by atoms with van der Waals surface area (Å²) in [4.78, 5) is 19.2. The zero-order valence-electron chi connectivity index (χ0n) is 14.1. The summed E-state index contributed by atoms with van der Waals surface area (Å²) in [6, 6.07) is 5.62. The Balaban J connectivity index is 1.94. The summed E-state index contributed by atoms with van der Waals surface area (Å²) < 4.78 is 27.1. The first-order valence-electron chi connectivity index (χ1n) is 8.11. The highest BCUT2D eigenvalue weighted by atomic mass is 32.2. The second-order valence-electron chi connectivity index (χ2n) is 6.13. The third kappa shape index (κ3) is 4.02. The third-order valence-corrected chi connectivity index (χ3v) is 6.95. The van der Waals surface area contributed by atoms with Crippen LogP contribution in [-0.2, 0) is 10.0 Å². The lowest BCUT2D eigenvalue weighted by Gasteiger charge is -2.30. The van der Waals surface area contributed by atoms with Crippen molar-refractivity contribution in [3.63, 3.8) is 0 Å². The molecule has 0 unspecified atom stereocenters. The van der Waals surface area contributed by atoms with Crippen molar-refractivity contribution in [3.8, 4) is 0 Å². The van der Waals surface area contributed by atoms with Crippen LogP contribution in [0.2, 0.25) is 0 Å². The Hall–Kier alpha value is -2.04. The maximum absolute atomic E-state index is 12.8. The van der Waals surface area contributed by atoms with Gasteiger partial charge in [0.1, 0.15) is 0 Å². The summed E-state index contributed by atoms with van der Waals surface area (Å²) in [6.07, 6.45) is 4.86. The molecule has 0 saturated carbocycles. The van der Waals surface area contributed by atoms with Crippen LogP contribution in [0.4, 0.5) is 5.69 Å². The van der Waals surface area contributed by atoms with Crippen molar-refractivity contribution >= 4 is 27.5 Å². The second-order valence-corrected chi connectivity index (χ2v) is 9.08. The fourth-order valence-electron chi connectivity index (χ4n) is 2.84. The van der Waals surface area contributed by atoms with E-state index in [0.29, 0.717) is 23.1 Å². The molecule has 1 atom stereocenters. The molecule has 8 nitrogen and oxygen atoms in total. The van der Waals surface area contributed by atoms with Gasteiger partial charge in [-0.15, -0.1) is 0 Å². The predicted octanol–water partition coefficient (Wildman–Crippen LogP) is 2.96. The first kappa shape index (κ1) is 18.7. The van der Waals surface area contributed by atoms with Crippen molar-refractivity contribution in [1.29, 1.82) is 0 Å². The first-order valence-corrected chi connectivity index (χ1v) is 10.4. The van der Waals surface area contributed by atoms with Crippen molar-refractivity contribution in [3.05, 3.63) is 46.8 Å². The zero-order valence-corrected chi connectivity index (χ0v) is 15.7. The van der Waals surface area contributed by atoms with Crippen LogP contribution in [0, 0.1) is 16.0 Å². The van der Waals surface area contributed by atoms with Gasteiger partial charge in [-0.1, -0.05) is 6.92 Å². The number of piperidine rings is 1. The Kier molecular flexibility index (Phi) is 5.54. The van der Waals surface area contributed by atoms with Crippen LogP contribution in [-0.4, -0.2) is 40.7 Å². The van der Waals surface area contributed by atoms with Gasteiger partial charge < -0.3 is 0 Å². The van der Waals surface area contributed by atoms with Gasteiger partial charge in [0.05, 0.1) is 14.7 Å². The molecule has 1 saturated heterocycles. The molecule has 26 heavy (non-hydrogen) atoms. The van der Waals surface area contributed by atoms with Crippen molar-refractivity contribution in [1.82, 2.24) is 14.3 Å². The van der Waals surface area contributed by atoms with Gasteiger partial charge in [-0.25, -0.2) is 18.4 Å². The average molecular weight is 394 g/mol. The predicted molar refractivity (Wildman–Crippen MR) is 96.4 cm³/mol. The normalized spacial score (nSPS) is 18.6. The Morgan fingerprint density at radius 1 is 1.31 bits per heavy atom. The molecular weight excluding hydrogens is 376 g/mol. The van der Waals surface area contributed by atoms with Crippen LogP contribution < -0.4 is 0 Å². The van der Waals surface area contributed by atoms with Gasteiger partial charge in [-0.2, -0.15) is 4.31 Å². The molecule has 0 spiro atoms. The molecule has 10 heteroatoms. The van der Waals surface area contributed by atoms with Crippen molar-refractivity contribution in [2.75, 3.05) is 13.1 Å². The molecule has 1 aliphatic heterocycles. The summed E-state index contributed by atoms with van der Waals surface area (Å²) >= 11 is 1.03. The molecule has 1 aromatic heterocycles. The summed E-state index contributed by atoms with van der Waals surface area (Å²) in [6.45, 7) is 2.88. The first-order chi connectivity index (χ1) is 12.4. The lowest BCUT2D eigenvalue weighted by atomic mass is 10.0. The Labute approximate surface area is 155 Å². The monoisotopic (exact) mass is 394 g/mol. The molecule has 1 aromatic carbocycles. The van der Waals surface area contributed by atoms with E-state index >= 15 is 0 Å². The number of hydrogen-bond acceptors (Lipinski definition) is 7. The lowest BCUT2D eigenvalue weighted by Crippen LogP contribution is -2.39. The van der Waals surface area contributed by atoms with Crippen LogP contribution in [0.3, 0.4) is 0 Å². The SMILES string of the molecule is C[C@@H]1CCCN(S(=O)(=O)c2ccc(Sc3ncccn3)c([N+](=O)[O-])c2)C1. The molecule has 1 fully saturated rings.